The van der Waals surface area contributed by atoms with Gasteiger partial charge in [-0.25, -0.2) is 5.09 Å². The smallest absolute Gasteiger partial charge is 0.267 e. The van der Waals surface area contributed by atoms with Crippen LogP contribution < -0.4 is 5.09 Å². The molecule has 0 aromatic rings. The zero-order chi connectivity index (χ0) is 19.2. The summed E-state index contributed by atoms with van der Waals surface area (Å²) < 4.78 is 30.2. The maximum atomic E-state index is 12.9. The summed E-state index contributed by atoms with van der Waals surface area (Å²) in [6.07, 6.45) is 2.00. The molecule has 1 heterocycles. The van der Waals surface area contributed by atoms with Crippen LogP contribution >= 0.6 is 7.52 Å². The molecule has 148 valence electrons. The first-order valence-electron chi connectivity index (χ1n) is 9.77. The molecule has 0 spiro atoms. The minimum Gasteiger partial charge on any atom is -0.380 e. The predicted molar refractivity (Wildman–Crippen MR) is 107 cm³/mol. The van der Waals surface area contributed by atoms with E-state index < -0.39 is 7.52 Å². The molecule has 7 heteroatoms. The van der Waals surface area contributed by atoms with Crippen LogP contribution in [-0.2, 0) is 18.6 Å². The van der Waals surface area contributed by atoms with E-state index in [1.165, 1.54) is 0 Å². The minimum atomic E-state index is -2.86. The maximum absolute atomic E-state index is 12.9. The molecule has 1 N–H and O–H groups in total. The van der Waals surface area contributed by atoms with Gasteiger partial charge in [-0.3, -0.25) is 4.57 Å². The first-order valence-corrected chi connectivity index (χ1v) is 11.8. The van der Waals surface area contributed by atoms with Crippen molar-refractivity contribution in [2.24, 2.45) is 17.8 Å². The summed E-state index contributed by atoms with van der Waals surface area (Å²) in [6, 6.07) is 0.151. The summed E-state index contributed by atoms with van der Waals surface area (Å²) in [6.45, 7) is 15.6. The molecular formula is C18H39BNO4P. The molecule has 0 radical (unpaired) electrons. The lowest BCUT2D eigenvalue weighted by atomic mass is 9.89. The summed E-state index contributed by atoms with van der Waals surface area (Å²) in [7, 11) is -0.817. The molecule has 5 nitrogen and oxygen atoms in total. The summed E-state index contributed by atoms with van der Waals surface area (Å²) >= 11 is 0. The van der Waals surface area contributed by atoms with Gasteiger partial charge in [0.25, 0.3) is 7.52 Å². The van der Waals surface area contributed by atoms with Gasteiger partial charge < -0.3 is 14.0 Å². The minimum absolute atomic E-state index is 0.00878. The second-order valence-corrected chi connectivity index (χ2v) is 10.8. The van der Waals surface area contributed by atoms with Crippen molar-refractivity contribution in [3.63, 3.8) is 0 Å². The molecule has 0 aromatic carbocycles. The monoisotopic (exact) mass is 375 g/mol. The SMILES string of the molecule is BC1CC(NP(C)(=O)OCC(C)CC(C)C(C)C)C(COC(C)C)O1. The highest BCUT2D eigenvalue weighted by Crippen LogP contribution is 2.41. The third-order valence-corrected chi connectivity index (χ3v) is 6.40. The summed E-state index contributed by atoms with van der Waals surface area (Å²) in [5.41, 5.74) is 0. The van der Waals surface area contributed by atoms with Crippen LogP contribution in [0.3, 0.4) is 0 Å². The lowest BCUT2D eigenvalue weighted by molar-refractivity contribution is -0.0209. The molecule has 1 fully saturated rings. The van der Waals surface area contributed by atoms with E-state index in [4.69, 9.17) is 14.0 Å². The van der Waals surface area contributed by atoms with Gasteiger partial charge >= 0.3 is 0 Å². The first kappa shape index (κ1) is 23.2. The fraction of sp³-hybridized carbons (Fsp3) is 1.00. The van der Waals surface area contributed by atoms with E-state index in [9.17, 15) is 4.57 Å². The molecule has 0 bridgehead atoms. The number of nitrogens with one attached hydrogen (secondary N) is 1. The van der Waals surface area contributed by atoms with Gasteiger partial charge in [-0.2, -0.15) is 0 Å². The Hall–Kier alpha value is 0.135. The van der Waals surface area contributed by atoms with E-state index in [2.05, 4.69) is 32.8 Å². The van der Waals surface area contributed by atoms with Crippen molar-refractivity contribution in [1.82, 2.24) is 5.09 Å². The first-order chi connectivity index (χ1) is 11.5. The van der Waals surface area contributed by atoms with Crippen LogP contribution in [0.25, 0.3) is 0 Å². The van der Waals surface area contributed by atoms with E-state index in [0.29, 0.717) is 31.0 Å². The molecule has 1 aliphatic heterocycles. The zero-order valence-electron chi connectivity index (χ0n) is 17.5. The number of hydrogen-bond acceptors (Lipinski definition) is 4. The Bertz CT molecular complexity index is 435. The van der Waals surface area contributed by atoms with Crippen molar-refractivity contribution in [2.45, 2.75) is 78.6 Å². The van der Waals surface area contributed by atoms with Crippen LogP contribution in [0.4, 0.5) is 0 Å². The molecule has 1 aliphatic rings. The summed E-state index contributed by atoms with van der Waals surface area (Å²) in [4.78, 5) is 0. The quantitative estimate of drug-likeness (QED) is 0.444. The third kappa shape index (κ3) is 9.06. The number of ether oxygens (including phenoxy) is 2. The summed E-state index contributed by atoms with van der Waals surface area (Å²) in [5.74, 6) is 1.70. The highest BCUT2D eigenvalue weighted by Gasteiger charge is 2.36. The van der Waals surface area contributed by atoms with Crippen LogP contribution in [0.1, 0.15) is 54.4 Å². The fourth-order valence-corrected chi connectivity index (χ4v) is 4.61. The second kappa shape index (κ2) is 10.5. The van der Waals surface area contributed by atoms with Gasteiger partial charge in [0.05, 0.1) is 25.4 Å². The van der Waals surface area contributed by atoms with E-state index in [0.717, 1.165) is 12.8 Å². The molecule has 0 aliphatic carbocycles. The number of hydrogen-bond donors (Lipinski definition) is 1. The van der Waals surface area contributed by atoms with Crippen molar-refractivity contribution >= 4 is 15.4 Å². The molecule has 0 aromatic heterocycles. The van der Waals surface area contributed by atoms with E-state index >= 15 is 0 Å². The van der Waals surface area contributed by atoms with Gasteiger partial charge in [0.1, 0.15) is 7.85 Å². The maximum Gasteiger partial charge on any atom is 0.267 e. The average Bonchev–Trinajstić information content (AvgIpc) is 2.82. The van der Waals surface area contributed by atoms with Crippen molar-refractivity contribution in [3.05, 3.63) is 0 Å². The van der Waals surface area contributed by atoms with Crippen LogP contribution in [0, 0.1) is 17.8 Å². The molecule has 25 heavy (non-hydrogen) atoms. The Kier molecular flexibility index (Phi) is 9.70. The average molecular weight is 375 g/mol. The Morgan fingerprint density at radius 2 is 1.88 bits per heavy atom. The van der Waals surface area contributed by atoms with Crippen LogP contribution in [0.5, 0.6) is 0 Å². The topological polar surface area (TPSA) is 56.8 Å². The Morgan fingerprint density at radius 3 is 2.44 bits per heavy atom. The largest absolute Gasteiger partial charge is 0.380 e. The van der Waals surface area contributed by atoms with Gasteiger partial charge in [0.2, 0.25) is 0 Å². The molecule has 1 rings (SSSR count). The molecule has 6 unspecified atom stereocenters. The molecule has 0 saturated carbocycles. The lowest BCUT2D eigenvalue weighted by Gasteiger charge is -2.26. The Labute approximate surface area is 155 Å². The Morgan fingerprint density at radius 1 is 1.24 bits per heavy atom. The second-order valence-electron chi connectivity index (χ2n) is 8.54. The van der Waals surface area contributed by atoms with Crippen LogP contribution in [0.2, 0.25) is 0 Å². The van der Waals surface area contributed by atoms with E-state index in [-0.39, 0.29) is 24.3 Å². The predicted octanol–water partition coefficient (Wildman–Crippen LogP) is 3.28. The summed E-state index contributed by atoms with van der Waals surface area (Å²) in [5, 5.41) is 3.22. The van der Waals surface area contributed by atoms with Crippen LogP contribution in [-0.4, -0.2) is 52.0 Å². The number of rotatable bonds is 11. The standard InChI is InChI=1S/C18H39BNO4P/c1-12(2)15(6)8-14(5)10-23-25(7,21)20-16-9-18(19)24-17(16)11-22-13(3)4/h12-18H,8-11,19H2,1-7H3,(H,20,21). The molecule has 0 amide bonds. The fourth-order valence-electron chi connectivity index (χ4n) is 3.12. The van der Waals surface area contributed by atoms with Crippen LogP contribution in [0.15, 0.2) is 0 Å². The van der Waals surface area contributed by atoms with Gasteiger partial charge in [-0.15, -0.1) is 0 Å². The van der Waals surface area contributed by atoms with E-state index in [1.807, 2.05) is 21.7 Å². The highest BCUT2D eigenvalue weighted by atomic mass is 31.2. The Balaban J connectivity index is 2.48. The van der Waals surface area contributed by atoms with Gasteiger partial charge in [0.15, 0.2) is 0 Å². The van der Waals surface area contributed by atoms with Gasteiger partial charge in [-0.05, 0) is 44.4 Å². The molecular weight excluding hydrogens is 336 g/mol. The highest BCUT2D eigenvalue weighted by molar-refractivity contribution is 7.56. The van der Waals surface area contributed by atoms with Crippen molar-refractivity contribution in [3.8, 4) is 0 Å². The van der Waals surface area contributed by atoms with E-state index in [1.54, 1.807) is 6.66 Å². The van der Waals surface area contributed by atoms with Crippen molar-refractivity contribution in [2.75, 3.05) is 19.9 Å². The zero-order valence-corrected chi connectivity index (χ0v) is 18.3. The lowest BCUT2D eigenvalue weighted by Crippen LogP contribution is -2.38. The van der Waals surface area contributed by atoms with Gasteiger partial charge in [-0.1, -0.05) is 27.7 Å². The van der Waals surface area contributed by atoms with Gasteiger partial charge in [0, 0.05) is 18.7 Å². The van der Waals surface area contributed by atoms with Crippen molar-refractivity contribution < 1.29 is 18.6 Å². The molecule has 6 atom stereocenters. The van der Waals surface area contributed by atoms with Crippen molar-refractivity contribution in [1.29, 1.82) is 0 Å². The third-order valence-electron chi connectivity index (χ3n) is 4.95. The normalized spacial score (nSPS) is 29.1. The molecule has 1 saturated heterocycles.